The SMILES string of the molecule is Cc1ccc(C#N)cc1Oc1cc2nc(Br)c(F)cc2n1COCC[Si](C)(C)C. The van der Waals surface area contributed by atoms with Gasteiger partial charge in [-0.3, -0.25) is 4.57 Å². The molecule has 8 heteroatoms. The molecule has 0 spiro atoms. The number of aryl methyl sites for hydroxylation is 1. The van der Waals surface area contributed by atoms with Gasteiger partial charge in [-0.15, -0.1) is 0 Å². The quantitative estimate of drug-likeness (QED) is 0.231. The van der Waals surface area contributed by atoms with Gasteiger partial charge in [0.25, 0.3) is 0 Å². The fourth-order valence-corrected chi connectivity index (χ4v) is 3.81. The number of halogens is 2. The summed E-state index contributed by atoms with van der Waals surface area (Å²) in [5, 5.41) is 9.17. The summed E-state index contributed by atoms with van der Waals surface area (Å²) in [6, 6.07) is 11.6. The average Bonchev–Trinajstić information content (AvgIpc) is 2.96. The number of aromatic nitrogens is 2. The zero-order valence-electron chi connectivity index (χ0n) is 16.9. The van der Waals surface area contributed by atoms with Crippen LogP contribution in [0.1, 0.15) is 11.1 Å². The molecule has 0 atom stereocenters. The van der Waals surface area contributed by atoms with Crippen molar-refractivity contribution in [3.8, 4) is 17.7 Å². The van der Waals surface area contributed by atoms with Crippen LogP contribution >= 0.6 is 15.9 Å². The highest BCUT2D eigenvalue weighted by Gasteiger charge is 2.17. The lowest BCUT2D eigenvalue weighted by Gasteiger charge is -2.17. The Morgan fingerprint density at radius 2 is 2.00 bits per heavy atom. The predicted octanol–water partition coefficient (Wildman–Crippen LogP) is 6.22. The Balaban J connectivity index is 1.96. The van der Waals surface area contributed by atoms with Crippen molar-refractivity contribution >= 4 is 35.0 Å². The van der Waals surface area contributed by atoms with Crippen molar-refractivity contribution in [2.24, 2.45) is 0 Å². The molecule has 0 fully saturated rings. The third kappa shape index (κ3) is 5.24. The van der Waals surface area contributed by atoms with E-state index in [4.69, 9.17) is 9.47 Å². The first-order valence-electron chi connectivity index (χ1n) is 9.29. The average molecular weight is 476 g/mol. The standard InChI is InChI=1S/C21H23BrFN3O2Si/c1-14-5-6-15(12-24)9-19(14)28-20-11-17-18(10-16(23)21(22)25-17)26(20)13-27-7-8-29(2,3)4/h5-6,9-11H,7-8,13H2,1-4H3. The first-order chi connectivity index (χ1) is 13.7. The van der Waals surface area contributed by atoms with Crippen molar-refractivity contribution in [3.63, 3.8) is 0 Å². The highest BCUT2D eigenvalue weighted by atomic mass is 79.9. The third-order valence-corrected chi connectivity index (χ3v) is 6.77. The molecule has 29 heavy (non-hydrogen) atoms. The van der Waals surface area contributed by atoms with E-state index in [0.29, 0.717) is 34.8 Å². The fourth-order valence-electron chi connectivity index (χ4n) is 2.75. The molecular weight excluding hydrogens is 453 g/mol. The minimum absolute atomic E-state index is 0.149. The van der Waals surface area contributed by atoms with E-state index in [9.17, 15) is 9.65 Å². The number of rotatable bonds is 7. The lowest BCUT2D eigenvalue weighted by Crippen LogP contribution is -2.22. The lowest BCUT2D eigenvalue weighted by atomic mass is 10.1. The van der Waals surface area contributed by atoms with E-state index in [0.717, 1.165) is 11.6 Å². The van der Waals surface area contributed by atoms with Gasteiger partial charge in [0.15, 0.2) is 5.82 Å². The van der Waals surface area contributed by atoms with Crippen LogP contribution < -0.4 is 4.74 Å². The summed E-state index contributed by atoms with van der Waals surface area (Å²) in [6.45, 7) is 9.63. The molecule has 2 aromatic heterocycles. The van der Waals surface area contributed by atoms with E-state index in [1.807, 2.05) is 13.0 Å². The first-order valence-corrected chi connectivity index (χ1v) is 13.8. The minimum Gasteiger partial charge on any atom is -0.440 e. The van der Waals surface area contributed by atoms with Gasteiger partial charge in [-0.05, 0) is 46.6 Å². The summed E-state index contributed by atoms with van der Waals surface area (Å²) >= 11 is 3.13. The first kappa shape index (κ1) is 21.5. The van der Waals surface area contributed by atoms with Crippen LogP contribution in [-0.2, 0) is 11.5 Å². The maximum absolute atomic E-state index is 14.1. The van der Waals surface area contributed by atoms with Crippen LogP contribution in [0.4, 0.5) is 4.39 Å². The molecule has 0 N–H and O–H groups in total. The predicted molar refractivity (Wildman–Crippen MR) is 117 cm³/mol. The molecular formula is C21H23BrFN3O2Si. The summed E-state index contributed by atoms with van der Waals surface area (Å²) in [6.07, 6.45) is 0. The van der Waals surface area contributed by atoms with Crippen LogP contribution in [0.15, 0.2) is 34.9 Å². The smallest absolute Gasteiger partial charge is 0.204 e. The van der Waals surface area contributed by atoms with Gasteiger partial charge in [0.2, 0.25) is 5.88 Å². The van der Waals surface area contributed by atoms with Gasteiger partial charge in [0.05, 0.1) is 22.7 Å². The zero-order valence-corrected chi connectivity index (χ0v) is 19.5. The van der Waals surface area contributed by atoms with Gasteiger partial charge in [0, 0.05) is 26.8 Å². The van der Waals surface area contributed by atoms with E-state index in [-0.39, 0.29) is 11.3 Å². The van der Waals surface area contributed by atoms with Crippen molar-refractivity contribution in [2.75, 3.05) is 6.61 Å². The number of nitrogens with zero attached hydrogens (tertiary/aromatic N) is 3. The Labute approximate surface area is 179 Å². The molecule has 0 aliphatic heterocycles. The van der Waals surface area contributed by atoms with Crippen molar-refractivity contribution in [2.45, 2.75) is 39.3 Å². The summed E-state index contributed by atoms with van der Waals surface area (Å²) in [4.78, 5) is 4.26. The maximum atomic E-state index is 14.1. The van der Waals surface area contributed by atoms with Crippen molar-refractivity contribution in [1.82, 2.24) is 9.55 Å². The second-order valence-electron chi connectivity index (χ2n) is 8.12. The Morgan fingerprint density at radius 3 is 2.69 bits per heavy atom. The lowest BCUT2D eigenvalue weighted by molar-refractivity contribution is 0.0858. The second-order valence-corrected chi connectivity index (χ2v) is 14.5. The summed E-state index contributed by atoms with van der Waals surface area (Å²) in [7, 11) is -1.22. The summed E-state index contributed by atoms with van der Waals surface area (Å²) in [5.41, 5.74) is 2.58. The van der Waals surface area contributed by atoms with Gasteiger partial charge >= 0.3 is 0 Å². The molecule has 3 aromatic rings. The molecule has 0 aliphatic carbocycles. The molecule has 0 amide bonds. The maximum Gasteiger partial charge on any atom is 0.204 e. The summed E-state index contributed by atoms with van der Waals surface area (Å²) in [5.74, 6) is 0.596. The van der Waals surface area contributed by atoms with Crippen LogP contribution in [0.25, 0.3) is 11.0 Å². The third-order valence-electron chi connectivity index (χ3n) is 4.51. The molecule has 0 aliphatic rings. The highest BCUT2D eigenvalue weighted by molar-refractivity contribution is 9.10. The number of benzene rings is 1. The number of nitriles is 1. The van der Waals surface area contributed by atoms with E-state index in [1.165, 1.54) is 6.07 Å². The van der Waals surface area contributed by atoms with Crippen LogP contribution in [0, 0.1) is 24.1 Å². The summed E-state index contributed by atoms with van der Waals surface area (Å²) < 4.78 is 28.0. The van der Waals surface area contributed by atoms with E-state index < -0.39 is 13.9 Å². The van der Waals surface area contributed by atoms with Crippen LogP contribution in [0.3, 0.4) is 0 Å². The normalized spacial score (nSPS) is 11.6. The largest absolute Gasteiger partial charge is 0.440 e. The molecule has 2 heterocycles. The molecule has 3 rings (SSSR count). The van der Waals surface area contributed by atoms with E-state index >= 15 is 0 Å². The Bertz CT molecular complexity index is 1090. The number of hydrogen-bond acceptors (Lipinski definition) is 4. The number of fused-ring (bicyclic) bond motifs is 1. The minimum atomic E-state index is -1.22. The van der Waals surface area contributed by atoms with Gasteiger partial charge in [-0.2, -0.15) is 5.26 Å². The Morgan fingerprint density at radius 1 is 1.24 bits per heavy atom. The molecule has 5 nitrogen and oxygen atoms in total. The Hall–Kier alpha value is -2.21. The van der Waals surface area contributed by atoms with Crippen molar-refractivity contribution in [3.05, 3.63) is 51.9 Å². The van der Waals surface area contributed by atoms with Gasteiger partial charge < -0.3 is 9.47 Å². The molecule has 0 saturated carbocycles. The van der Waals surface area contributed by atoms with E-state index in [1.54, 1.807) is 22.8 Å². The van der Waals surface area contributed by atoms with Crippen molar-refractivity contribution < 1.29 is 13.9 Å². The van der Waals surface area contributed by atoms with Crippen molar-refractivity contribution in [1.29, 1.82) is 5.26 Å². The molecule has 0 saturated heterocycles. The molecule has 152 valence electrons. The molecule has 0 bridgehead atoms. The number of ether oxygens (including phenoxy) is 2. The van der Waals surface area contributed by atoms with Gasteiger partial charge in [0.1, 0.15) is 17.1 Å². The fraction of sp³-hybridized carbons (Fsp3) is 0.333. The zero-order chi connectivity index (χ0) is 21.2. The topological polar surface area (TPSA) is 60.1 Å². The Kier molecular flexibility index (Phi) is 6.41. The van der Waals surface area contributed by atoms with E-state index in [2.05, 4.69) is 46.6 Å². The number of hydrogen-bond donors (Lipinski definition) is 0. The van der Waals surface area contributed by atoms with Gasteiger partial charge in [-0.25, -0.2) is 9.37 Å². The highest BCUT2D eigenvalue weighted by Crippen LogP contribution is 2.32. The van der Waals surface area contributed by atoms with Crippen LogP contribution in [0.5, 0.6) is 11.6 Å². The van der Waals surface area contributed by atoms with Crippen LogP contribution in [0.2, 0.25) is 25.7 Å². The molecule has 0 unspecified atom stereocenters. The molecule has 0 radical (unpaired) electrons. The van der Waals surface area contributed by atoms with Crippen LogP contribution in [-0.4, -0.2) is 24.2 Å². The second kappa shape index (κ2) is 8.65. The molecule has 1 aromatic carbocycles. The van der Waals surface area contributed by atoms with Gasteiger partial charge in [-0.1, -0.05) is 25.7 Å². The monoisotopic (exact) mass is 475 g/mol. The number of pyridine rings is 1.